The van der Waals surface area contributed by atoms with Gasteiger partial charge in [0.15, 0.2) is 5.54 Å². The molecular formula is C35H27FN4O4S. The van der Waals surface area contributed by atoms with Crippen molar-refractivity contribution in [2.45, 2.75) is 16.9 Å². The van der Waals surface area contributed by atoms with Crippen LogP contribution < -0.4 is 10.6 Å². The quantitative estimate of drug-likeness (QED) is 0.216. The van der Waals surface area contributed by atoms with Gasteiger partial charge in [0.1, 0.15) is 18.9 Å². The number of nitrogens with zero attached hydrogens (tertiary/aromatic N) is 2. The zero-order chi connectivity index (χ0) is 31.1. The normalized spacial score (nSPS) is 17.6. The summed E-state index contributed by atoms with van der Waals surface area (Å²) in [5.41, 5.74) is -0.277. The maximum Gasteiger partial charge on any atom is 0.328 e. The van der Waals surface area contributed by atoms with E-state index in [1.54, 1.807) is 18.2 Å². The van der Waals surface area contributed by atoms with Crippen LogP contribution in [0.25, 0.3) is 21.5 Å². The molecule has 0 aromatic heterocycles. The number of thioether (sulfide) groups is 1. The third-order valence-electron chi connectivity index (χ3n) is 8.30. The van der Waals surface area contributed by atoms with E-state index in [9.17, 15) is 23.6 Å². The number of imide groups is 1. The lowest BCUT2D eigenvalue weighted by Crippen LogP contribution is -2.51. The standard InChI is InChI=1S/C35H27FN4O4S/c36-26-11-14-30-29(19-26)35(15-16-45-30)33(43)39(20-31(41)37-27-12-9-22-5-1-3-7-24(22)17-27)34(44)40(35)21-32(42)38-28-13-10-23-6-2-4-8-25(23)18-28/h1-14,17-19H,15-16,20-21H2,(H,37,41)(H,38,42). The Morgan fingerprint density at radius 1 is 0.733 bits per heavy atom. The fourth-order valence-electron chi connectivity index (χ4n) is 6.20. The monoisotopic (exact) mass is 618 g/mol. The molecule has 2 aliphatic heterocycles. The van der Waals surface area contributed by atoms with Gasteiger partial charge in [-0.25, -0.2) is 9.18 Å². The first-order valence-electron chi connectivity index (χ1n) is 14.5. The van der Waals surface area contributed by atoms with Crippen molar-refractivity contribution >= 4 is 68.4 Å². The van der Waals surface area contributed by atoms with Crippen LogP contribution in [-0.2, 0) is 19.9 Å². The van der Waals surface area contributed by atoms with Crippen LogP contribution in [0.4, 0.5) is 20.6 Å². The van der Waals surface area contributed by atoms with E-state index in [1.807, 2.05) is 72.8 Å². The molecule has 2 N–H and O–H groups in total. The van der Waals surface area contributed by atoms with Crippen LogP contribution in [0.5, 0.6) is 0 Å². The lowest BCUT2D eigenvalue weighted by atomic mass is 9.84. The molecule has 2 aliphatic rings. The van der Waals surface area contributed by atoms with Gasteiger partial charge in [0.25, 0.3) is 5.91 Å². The summed E-state index contributed by atoms with van der Waals surface area (Å²) in [5, 5.41) is 9.47. The van der Waals surface area contributed by atoms with Gasteiger partial charge in [0.2, 0.25) is 11.8 Å². The highest BCUT2D eigenvalue weighted by Gasteiger charge is 2.60. The number of fused-ring (bicyclic) bond motifs is 4. The van der Waals surface area contributed by atoms with Crippen LogP contribution in [0.1, 0.15) is 12.0 Å². The van der Waals surface area contributed by atoms with Crippen LogP contribution >= 0.6 is 11.8 Å². The lowest BCUT2D eigenvalue weighted by Gasteiger charge is -2.39. The van der Waals surface area contributed by atoms with Crippen molar-refractivity contribution in [2.75, 3.05) is 29.5 Å². The molecule has 1 unspecified atom stereocenters. The van der Waals surface area contributed by atoms with Gasteiger partial charge in [-0.3, -0.25) is 24.2 Å². The molecule has 224 valence electrons. The number of carbonyl (C=O) groups excluding carboxylic acids is 4. The average Bonchev–Trinajstić information content (AvgIpc) is 3.22. The lowest BCUT2D eigenvalue weighted by molar-refractivity contribution is -0.136. The largest absolute Gasteiger partial charge is 0.328 e. The van der Waals surface area contributed by atoms with Crippen LogP contribution in [-0.4, -0.2) is 52.4 Å². The van der Waals surface area contributed by atoms with E-state index in [-0.39, 0.29) is 6.42 Å². The van der Waals surface area contributed by atoms with Crippen molar-refractivity contribution in [1.29, 1.82) is 0 Å². The van der Waals surface area contributed by atoms with Crippen LogP contribution in [0.15, 0.2) is 108 Å². The summed E-state index contributed by atoms with van der Waals surface area (Å²) in [6, 6.07) is 29.6. The molecule has 5 aromatic carbocycles. The molecule has 1 spiro atoms. The van der Waals surface area contributed by atoms with E-state index in [1.165, 1.54) is 28.8 Å². The topological polar surface area (TPSA) is 98.8 Å². The van der Waals surface area contributed by atoms with Crippen LogP contribution in [0, 0.1) is 5.82 Å². The zero-order valence-electron chi connectivity index (χ0n) is 24.0. The van der Waals surface area contributed by atoms with Crippen molar-refractivity contribution in [3.8, 4) is 0 Å². The first-order chi connectivity index (χ1) is 21.8. The Balaban J connectivity index is 1.18. The molecule has 7 rings (SSSR count). The Kier molecular flexibility index (Phi) is 7.21. The molecule has 0 aliphatic carbocycles. The van der Waals surface area contributed by atoms with Gasteiger partial charge < -0.3 is 10.6 Å². The Bertz CT molecular complexity index is 2030. The van der Waals surface area contributed by atoms with Gasteiger partial charge in [-0.2, -0.15) is 0 Å². The van der Waals surface area contributed by atoms with Gasteiger partial charge >= 0.3 is 6.03 Å². The van der Waals surface area contributed by atoms with E-state index < -0.39 is 48.2 Å². The second kappa shape index (κ2) is 11.4. The summed E-state index contributed by atoms with van der Waals surface area (Å²) in [4.78, 5) is 57.6. The summed E-state index contributed by atoms with van der Waals surface area (Å²) in [6.45, 7) is -1.03. The van der Waals surface area contributed by atoms with Gasteiger partial charge in [0, 0.05) is 27.6 Å². The van der Waals surface area contributed by atoms with E-state index >= 15 is 0 Å². The maximum absolute atomic E-state index is 14.6. The molecular weight excluding hydrogens is 591 g/mol. The van der Waals surface area contributed by atoms with E-state index in [4.69, 9.17) is 0 Å². The van der Waals surface area contributed by atoms with Crippen molar-refractivity contribution in [3.63, 3.8) is 0 Å². The number of anilines is 2. The Hall–Kier alpha value is -5.22. The van der Waals surface area contributed by atoms with Crippen molar-refractivity contribution < 1.29 is 23.6 Å². The Morgan fingerprint density at radius 3 is 1.93 bits per heavy atom. The van der Waals surface area contributed by atoms with E-state index in [0.717, 1.165) is 26.4 Å². The SMILES string of the molecule is O=C(CN1C(=O)N(CC(=O)Nc2ccc3ccccc3c2)C2(CCSc3ccc(F)cc32)C1=O)Nc1ccc2ccccc2c1. The first kappa shape index (κ1) is 28.5. The highest BCUT2D eigenvalue weighted by molar-refractivity contribution is 7.99. The maximum atomic E-state index is 14.6. The molecule has 5 aromatic rings. The molecule has 1 fully saturated rings. The van der Waals surface area contributed by atoms with E-state index in [0.29, 0.717) is 27.6 Å². The number of amides is 5. The highest BCUT2D eigenvalue weighted by Crippen LogP contribution is 2.48. The summed E-state index contributed by atoms with van der Waals surface area (Å²) in [5.74, 6) is -1.87. The minimum atomic E-state index is -1.64. The summed E-state index contributed by atoms with van der Waals surface area (Å²) in [6.07, 6.45) is 0.157. The van der Waals surface area contributed by atoms with Gasteiger partial charge in [-0.15, -0.1) is 11.8 Å². The fraction of sp³-hybridized carbons (Fsp3) is 0.143. The van der Waals surface area contributed by atoms with Crippen LogP contribution in [0.3, 0.4) is 0 Å². The van der Waals surface area contributed by atoms with Gasteiger partial charge in [-0.05, 0) is 70.4 Å². The molecule has 0 bridgehead atoms. The summed E-state index contributed by atoms with van der Waals surface area (Å²) in [7, 11) is 0. The fourth-order valence-corrected chi connectivity index (χ4v) is 7.36. The van der Waals surface area contributed by atoms with Crippen molar-refractivity contribution in [2.24, 2.45) is 0 Å². The van der Waals surface area contributed by atoms with Crippen LogP contribution in [0.2, 0.25) is 0 Å². The van der Waals surface area contributed by atoms with Crippen molar-refractivity contribution in [3.05, 3.63) is 115 Å². The Morgan fingerprint density at radius 2 is 1.31 bits per heavy atom. The predicted molar refractivity (Wildman–Crippen MR) is 172 cm³/mol. The minimum absolute atomic E-state index is 0.157. The van der Waals surface area contributed by atoms with Crippen molar-refractivity contribution in [1.82, 2.24) is 9.80 Å². The third kappa shape index (κ3) is 5.17. The second-order valence-electron chi connectivity index (χ2n) is 11.1. The number of benzene rings is 5. The number of nitrogens with one attached hydrogen (secondary N) is 2. The summed E-state index contributed by atoms with van der Waals surface area (Å²) >= 11 is 1.45. The molecule has 5 amide bonds. The zero-order valence-corrected chi connectivity index (χ0v) is 24.8. The molecule has 45 heavy (non-hydrogen) atoms. The number of halogens is 1. The Labute approximate surface area is 262 Å². The minimum Gasteiger partial charge on any atom is -0.325 e. The number of urea groups is 1. The smallest absolute Gasteiger partial charge is 0.325 e. The first-order valence-corrected chi connectivity index (χ1v) is 15.4. The average molecular weight is 619 g/mol. The third-order valence-corrected chi connectivity index (χ3v) is 9.38. The van der Waals surface area contributed by atoms with E-state index in [2.05, 4.69) is 10.6 Å². The molecule has 1 saturated heterocycles. The molecule has 2 heterocycles. The second-order valence-corrected chi connectivity index (χ2v) is 12.2. The number of hydrogen-bond acceptors (Lipinski definition) is 5. The molecule has 0 saturated carbocycles. The number of carbonyl (C=O) groups is 4. The predicted octanol–water partition coefficient (Wildman–Crippen LogP) is 6.36. The summed E-state index contributed by atoms with van der Waals surface area (Å²) < 4.78 is 14.6. The number of rotatable bonds is 6. The molecule has 0 radical (unpaired) electrons. The molecule has 1 atom stereocenters. The van der Waals surface area contributed by atoms with Gasteiger partial charge in [-0.1, -0.05) is 60.7 Å². The molecule has 8 nitrogen and oxygen atoms in total. The number of hydrogen-bond donors (Lipinski definition) is 2. The molecule has 10 heteroatoms. The highest BCUT2D eigenvalue weighted by atomic mass is 32.2. The van der Waals surface area contributed by atoms with Gasteiger partial charge in [0.05, 0.1) is 0 Å².